The standard InChI is InChI=1S/C16H13FN4O/c17-12-14-8-5-7-13(18-14)6-1-4-11-21-16(22)20-10-3-2-9-15(20)19-21/h2-3,5,7-10H,4,11-12H2. The number of fused-ring (bicyclic) bond motifs is 1. The molecule has 0 saturated heterocycles. The molecule has 0 N–H and O–H groups in total. The minimum absolute atomic E-state index is 0.185. The van der Waals surface area contributed by atoms with E-state index in [1.807, 2.05) is 6.07 Å². The molecular weight excluding hydrogens is 283 g/mol. The van der Waals surface area contributed by atoms with E-state index in [0.29, 0.717) is 30.0 Å². The number of aryl methyl sites for hydroxylation is 1. The van der Waals surface area contributed by atoms with Crippen molar-refractivity contribution in [2.24, 2.45) is 0 Å². The van der Waals surface area contributed by atoms with E-state index in [0.717, 1.165) is 0 Å². The summed E-state index contributed by atoms with van der Waals surface area (Å²) in [7, 11) is 0. The van der Waals surface area contributed by atoms with Crippen molar-refractivity contribution in [1.82, 2.24) is 19.2 Å². The lowest BCUT2D eigenvalue weighted by Crippen LogP contribution is -2.20. The number of alkyl halides is 1. The Bertz CT molecular complexity index is 917. The van der Waals surface area contributed by atoms with E-state index in [9.17, 15) is 9.18 Å². The van der Waals surface area contributed by atoms with Crippen LogP contribution in [0.4, 0.5) is 4.39 Å². The fourth-order valence-corrected chi connectivity index (χ4v) is 2.05. The molecule has 0 aromatic carbocycles. The Balaban J connectivity index is 1.71. The molecule has 3 heterocycles. The van der Waals surface area contributed by atoms with E-state index in [-0.39, 0.29) is 5.69 Å². The quantitative estimate of drug-likeness (QED) is 0.693. The van der Waals surface area contributed by atoms with E-state index in [1.54, 1.807) is 36.5 Å². The zero-order valence-corrected chi connectivity index (χ0v) is 11.7. The molecule has 0 fully saturated rings. The van der Waals surface area contributed by atoms with Crippen LogP contribution in [0, 0.1) is 11.8 Å². The predicted molar refractivity (Wildman–Crippen MR) is 80.0 cm³/mol. The second-order valence-corrected chi connectivity index (χ2v) is 4.63. The van der Waals surface area contributed by atoms with Gasteiger partial charge in [-0.15, -0.1) is 5.10 Å². The summed E-state index contributed by atoms with van der Waals surface area (Å²) >= 11 is 0. The van der Waals surface area contributed by atoms with Crippen molar-refractivity contribution in [3.8, 4) is 11.8 Å². The molecule has 0 spiro atoms. The Kier molecular flexibility index (Phi) is 3.97. The Labute approximate surface area is 126 Å². The van der Waals surface area contributed by atoms with Crippen LogP contribution in [0.3, 0.4) is 0 Å². The third-order valence-electron chi connectivity index (χ3n) is 3.10. The molecule has 3 aromatic rings. The predicted octanol–water partition coefficient (Wildman–Crippen LogP) is 1.80. The maximum absolute atomic E-state index is 12.5. The molecule has 0 aliphatic carbocycles. The molecular formula is C16H13FN4O. The van der Waals surface area contributed by atoms with Crippen molar-refractivity contribution in [3.63, 3.8) is 0 Å². The van der Waals surface area contributed by atoms with Gasteiger partial charge in [-0.2, -0.15) is 0 Å². The fourth-order valence-electron chi connectivity index (χ4n) is 2.05. The Hall–Kier alpha value is -2.94. The largest absolute Gasteiger partial charge is 0.350 e. The van der Waals surface area contributed by atoms with Crippen molar-refractivity contribution in [2.45, 2.75) is 19.6 Å². The Morgan fingerprint density at radius 2 is 2.09 bits per heavy atom. The van der Waals surface area contributed by atoms with Crippen molar-refractivity contribution >= 4 is 5.65 Å². The van der Waals surface area contributed by atoms with E-state index in [2.05, 4.69) is 21.9 Å². The topological polar surface area (TPSA) is 52.2 Å². The van der Waals surface area contributed by atoms with E-state index < -0.39 is 6.67 Å². The first-order valence-corrected chi connectivity index (χ1v) is 6.83. The van der Waals surface area contributed by atoms with Gasteiger partial charge in [0.1, 0.15) is 12.4 Å². The van der Waals surface area contributed by atoms with Crippen LogP contribution in [0.25, 0.3) is 5.65 Å². The van der Waals surface area contributed by atoms with E-state index in [4.69, 9.17) is 0 Å². The first kappa shape index (κ1) is 14.0. The second kappa shape index (κ2) is 6.22. The zero-order chi connectivity index (χ0) is 15.4. The molecule has 6 heteroatoms. The number of halogens is 1. The highest BCUT2D eigenvalue weighted by Crippen LogP contribution is 2.00. The normalized spacial score (nSPS) is 10.4. The van der Waals surface area contributed by atoms with Crippen LogP contribution in [0.2, 0.25) is 0 Å². The summed E-state index contributed by atoms with van der Waals surface area (Å²) in [6.45, 7) is -0.206. The minimum Gasteiger partial charge on any atom is -0.250 e. The van der Waals surface area contributed by atoms with Crippen LogP contribution < -0.4 is 5.69 Å². The van der Waals surface area contributed by atoms with Crippen LogP contribution in [-0.2, 0) is 13.2 Å². The summed E-state index contributed by atoms with van der Waals surface area (Å²) in [4.78, 5) is 16.1. The maximum atomic E-state index is 12.5. The minimum atomic E-state index is -0.605. The van der Waals surface area contributed by atoms with E-state index in [1.165, 1.54) is 9.08 Å². The molecule has 0 bridgehead atoms. The molecule has 5 nitrogen and oxygen atoms in total. The molecule has 0 aliphatic rings. The maximum Gasteiger partial charge on any atom is 0.350 e. The third-order valence-corrected chi connectivity index (χ3v) is 3.10. The lowest BCUT2D eigenvalue weighted by atomic mass is 10.3. The molecule has 0 saturated carbocycles. The zero-order valence-electron chi connectivity index (χ0n) is 11.7. The van der Waals surface area contributed by atoms with Gasteiger partial charge in [0.25, 0.3) is 0 Å². The monoisotopic (exact) mass is 296 g/mol. The van der Waals surface area contributed by atoms with Gasteiger partial charge in [0.2, 0.25) is 0 Å². The number of hydrogen-bond donors (Lipinski definition) is 0. The van der Waals surface area contributed by atoms with Gasteiger partial charge in [0.15, 0.2) is 5.65 Å². The first-order valence-electron chi connectivity index (χ1n) is 6.83. The Morgan fingerprint density at radius 1 is 1.18 bits per heavy atom. The summed E-state index contributed by atoms with van der Waals surface area (Å²) < 4.78 is 15.4. The van der Waals surface area contributed by atoms with Gasteiger partial charge in [-0.25, -0.2) is 18.9 Å². The summed E-state index contributed by atoms with van der Waals surface area (Å²) in [6.07, 6.45) is 2.14. The van der Waals surface area contributed by atoms with E-state index >= 15 is 0 Å². The summed E-state index contributed by atoms with van der Waals surface area (Å²) in [5, 5.41) is 4.22. The summed E-state index contributed by atoms with van der Waals surface area (Å²) in [6, 6.07) is 10.4. The van der Waals surface area contributed by atoms with Gasteiger partial charge < -0.3 is 0 Å². The molecule has 0 radical (unpaired) electrons. The molecule has 0 unspecified atom stereocenters. The average molecular weight is 296 g/mol. The van der Waals surface area contributed by atoms with Gasteiger partial charge in [0, 0.05) is 12.6 Å². The molecule has 110 valence electrons. The average Bonchev–Trinajstić information content (AvgIpc) is 2.88. The number of hydrogen-bond acceptors (Lipinski definition) is 3. The van der Waals surface area contributed by atoms with Crippen molar-refractivity contribution in [2.75, 3.05) is 0 Å². The van der Waals surface area contributed by atoms with Gasteiger partial charge in [0.05, 0.1) is 12.2 Å². The highest BCUT2D eigenvalue weighted by Gasteiger charge is 2.04. The number of aromatic nitrogens is 4. The van der Waals surface area contributed by atoms with Gasteiger partial charge in [-0.05, 0) is 30.2 Å². The van der Waals surface area contributed by atoms with Crippen LogP contribution in [0.15, 0.2) is 47.4 Å². The van der Waals surface area contributed by atoms with Crippen LogP contribution in [0.1, 0.15) is 17.8 Å². The lowest BCUT2D eigenvalue weighted by Gasteiger charge is -1.94. The molecule has 3 rings (SSSR count). The smallest absolute Gasteiger partial charge is 0.250 e. The van der Waals surface area contributed by atoms with Crippen molar-refractivity contribution in [3.05, 3.63) is 64.5 Å². The van der Waals surface area contributed by atoms with Crippen LogP contribution >= 0.6 is 0 Å². The van der Waals surface area contributed by atoms with Crippen molar-refractivity contribution < 1.29 is 4.39 Å². The van der Waals surface area contributed by atoms with Crippen LogP contribution in [0.5, 0.6) is 0 Å². The van der Waals surface area contributed by atoms with Crippen molar-refractivity contribution in [1.29, 1.82) is 0 Å². The summed E-state index contributed by atoms with van der Waals surface area (Å²) in [5.41, 5.74) is 1.31. The number of pyridine rings is 2. The summed E-state index contributed by atoms with van der Waals surface area (Å²) in [5.74, 6) is 5.79. The molecule has 0 amide bonds. The molecule has 3 aromatic heterocycles. The number of rotatable bonds is 3. The highest BCUT2D eigenvalue weighted by molar-refractivity contribution is 5.35. The number of nitrogens with zero attached hydrogens (tertiary/aromatic N) is 4. The second-order valence-electron chi connectivity index (χ2n) is 4.63. The molecule has 22 heavy (non-hydrogen) atoms. The van der Waals surface area contributed by atoms with Gasteiger partial charge in [-0.1, -0.05) is 18.1 Å². The fraction of sp³-hybridized carbons (Fsp3) is 0.188. The van der Waals surface area contributed by atoms with Crippen LogP contribution in [-0.4, -0.2) is 19.2 Å². The molecule has 0 atom stereocenters. The molecule has 0 aliphatic heterocycles. The SMILES string of the molecule is O=c1n(CCC#Cc2cccc(CF)n2)nc2ccccn12. The third kappa shape index (κ3) is 2.88. The Morgan fingerprint density at radius 3 is 2.91 bits per heavy atom. The highest BCUT2D eigenvalue weighted by atomic mass is 19.1. The van der Waals surface area contributed by atoms with Gasteiger partial charge >= 0.3 is 5.69 Å². The first-order chi connectivity index (χ1) is 10.8. The lowest BCUT2D eigenvalue weighted by molar-refractivity contribution is 0.476. The van der Waals surface area contributed by atoms with Gasteiger partial charge in [-0.3, -0.25) is 4.40 Å².